The van der Waals surface area contributed by atoms with Crippen molar-refractivity contribution in [1.29, 1.82) is 0 Å². The van der Waals surface area contributed by atoms with Gasteiger partial charge in [0, 0.05) is 20.8 Å². The molecule has 0 bridgehead atoms. The van der Waals surface area contributed by atoms with Crippen molar-refractivity contribution >= 4 is 26.5 Å². The van der Waals surface area contributed by atoms with Crippen LogP contribution in [0.1, 0.15) is 26.3 Å². The molecule has 10 heteroatoms. The number of hydrogen-bond acceptors (Lipinski definition) is 5. The topological polar surface area (TPSA) is 135 Å². The summed E-state index contributed by atoms with van der Waals surface area (Å²) in [5.41, 5.74) is -1.06. The van der Waals surface area contributed by atoms with E-state index < -0.39 is 35.6 Å². The lowest BCUT2D eigenvalue weighted by atomic mass is 10.2. The van der Waals surface area contributed by atoms with E-state index in [1.807, 2.05) is 0 Å². The minimum absolute atomic E-state index is 0.199. The molecule has 0 radical (unpaired) electrons. The molecule has 0 aliphatic carbocycles. The Bertz CT molecular complexity index is 786. The Morgan fingerprint density at radius 1 is 1.10 bits per heavy atom. The summed E-state index contributed by atoms with van der Waals surface area (Å²) in [5, 5.41) is 11.8. The smallest absolute Gasteiger partial charge is 0.295 e. The van der Waals surface area contributed by atoms with Crippen LogP contribution in [0.25, 0.3) is 0 Å². The molecule has 0 spiro atoms. The molecule has 0 unspecified atom stereocenters. The molecule has 0 heterocycles. The summed E-state index contributed by atoms with van der Waals surface area (Å²) in [7, 11) is -9.42. The molecule has 0 saturated carbocycles. The van der Waals surface area contributed by atoms with Crippen LogP contribution in [-0.4, -0.2) is 42.4 Å². The summed E-state index contributed by atoms with van der Waals surface area (Å²) in [6.07, 6.45) is 0.914. The number of hydrogen-bond donors (Lipinski definition) is 2. The Morgan fingerprint density at radius 2 is 1.62 bits per heavy atom. The maximum absolute atomic E-state index is 11.8. The Kier molecular flexibility index (Phi) is 4.49. The third-order valence-corrected chi connectivity index (χ3v) is 4.24. The second-order valence-corrected chi connectivity index (χ2v) is 8.09. The van der Waals surface area contributed by atoms with Crippen molar-refractivity contribution < 1.29 is 30.7 Å². The quantitative estimate of drug-likeness (QED) is 0.275. The van der Waals surface area contributed by atoms with Crippen molar-refractivity contribution in [1.82, 2.24) is 0 Å². The predicted molar refractivity (Wildman–Crippen MR) is 74.6 cm³/mol. The predicted octanol–water partition coefficient (Wildman–Crippen LogP) is 0.908. The molecule has 1 aromatic rings. The zero-order valence-electron chi connectivity index (χ0n) is 11.5. The summed E-state index contributed by atoms with van der Waals surface area (Å²) in [6, 6.07) is 2.50. The van der Waals surface area contributed by atoms with Crippen molar-refractivity contribution in [2.75, 3.05) is 0 Å². The van der Waals surface area contributed by atoms with E-state index in [4.69, 9.17) is 9.11 Å². The van der Waals surface area contributed by atoms with Crippen molar-refractivity contribution in [3.63, 3.8) is 0 Å². The van der Waals surface area contributed by atoms with E-state index in [0.717, 1.165) is 18.3 Å². The second kappa shape index (κ2) is 5.37. The maximum Gasteiger partial charge on any atom is 0.295 e. The molecule has 0 atom stereocenters. The molecule has 2 N–H and O–H groups in total. The fraction of sp³-hybridized carbons (Fsp3) is 0.364. The van der Waals surface area contributed by atoms with E-state index in [-0.39, 0.29) is 5.56 Å². The Labute approximate surface area is 122 Å². The minimum Gasteiger partial charge on any atom is -0.623 e. The van der Waals surface area contributed by atoms with E-state index in [1.165, 1.54) is 0 Å². The monoisotopic (exact) mass is 339 g/mol. The zero-order valence-corrected chi connectivity index (χ0v) is 13.1. The lowest BCUT2D eigenvalue weighted by Gasteiger charge is -2.19. The van der Waals surface area contributed by atoms with Crippen molar-refractivity contribution in [2.45, 2.75) is 36.1 Å². The number of benzene rings is 1. The van der Waals surface area contributed by atoms with E-state index in [0.29, 0.717) is 10.8 Å². The van der Waals surface area contributed by atoms with Gasteiger partial charge < -0.3 is 5.21 Å². The van der Waals surface area contributed by atoms with Gasteiger partial charge in [-0.2, -0.15) is 16.8 Å². The molecule has 1 aromatic carbocycles. The van der Waals surface area contributed by atoms with E-state index in [1.54, 1.807) is 20.8 Å². The second-order valence-electron chi connectivity index (χ2n) is 5.28. The number of hydroxylamine groups is 1. The Balaban J connectivity index is 3.63. The summed E-state index contributed by atoms with van der Waals surface area (Å²) in [4.78, 5) is -1.50. The lowest BCUT2D eigenvalue weighted by Crippen LogP contribution is -2.29. The van der Waals surface area contributed by atoms with Crippen LogP contribution in [0.5, 0.6) is 0 Å². The number of rotatable bonds is 3. The number of nitrogens with zero attached hydrogens (tertiary/aromatic N) is 1. The standard InChI is InChI=1S/C11H15NO7S2/c1-11(2,3)12(13)7-8-4-5-9(20(14,15)16)6-10(8)21(17,18)19/h4-7H,1-3H3,(H,14,15,16)(H,17,18,19)/b12-7-/i11+2. The highest BCUT2D eigenvalue weighted by molar-refractivity contribution is 7.86. The normalized spacial score (nSPS) is 14.2. The molecule has 0 saturated heterocycles. The summed E-state index contributed by atoms with van der Waals surface area (Å²) in [5.74, 6) is 0. The van der Waals surface area contributed by atoms with Crippen molar-refractivity contribution in [3.05, 3.63) is 29.0 Å². The van der Waals surface area contributed by atoms with Gasteiger partial charge in [-0.3, -0.25) is 9.11 Å². The Hall–Kier alpha value is -1.49. The molecule has 0 fully saturated rings. The van der Waals surface area contributed by atoms with Gasteiger partial charge in [-0.25, -0.2) is 4.74 Å². The lowest BCUT2D eigenvalue weighted by molar-refractivity contribution is -0.530. The summed E-state index contributed by atoms with van der Waals surface area (Å²) >= 11 is 0. The van der Waals surface area contributed by atoms with Gasteiger partial charge in [0.05, 0.1) is 10.5 Å². The highest BCUT2D eigenvalue weighted by Crippen LogP contribution is 2.20. The SMILES string of the molecule is C[14C](C)(C)/[N+]([O-])=C/c1ccc(S(=O)(=O)O)cc1S(=O)(=O)O. The van der Waals surface area contributed by atoms with Gasteiger partial charge in [-0.1, -0.05) is 0 Å². The molecule has 0 aromatic heterocycles. The first kappa shape index (κ1) is 17.6. The van der Waals surface area contributed by atoms with Crippen LogP contribution in [0.4, 0.5) is 0 Å². The van der Waals surface area contributed by atoms with E-state index in [9.17, 15) is 22.0 Å². The summed E-state index contributed by atoms with van der Waals surface area (Å²) < 4.78 is 63.1. The van der Waals surface area contributed by atoms with E-state index in [2.05, 4.69) is 0 Å². The van der Waals surface area contributed by atoms with Crippen LogP contribution in [-0.2, 0) is 20.2 Å². The van der Waals surface area contributed by atoms with Gasteiger partial charge in [-0.05, 0) is 18.2 Å². The van der Waals surface area contributed by atoms with Crippen LogP contribution in [0.15, 0.2) is 28.0 Å². The fourth-order valence-corrected chi connectivity index (χ4v) is 2.60. The van der Waals surface area contributed by atoms with Crippen LogP contribution >= 0.6 is 0 Å². The maximum atomic E-state index is 11.8. The van der Waals surface area contributed by atoms with Crippen LogP contribution < -0.4 is 0 Å². The van der Waals surface area contributed by atoms with Crippen LogP contribution in [0.2, 0.25) is 0 Å². The van der Waals surface area contributed by atoms with Crippen molar-refractivity contribution in [2.24, 2.45) is 0 Å². The molecular formula is C11H15NO7S2. The van der Waals surface area contributed by atoms with Gasteiger partial charge in [0.25, 0.3) is 20.2 Å². The molecule has 1 rings (SSSR count). The van der Waals surface area contributed by atoms with Crippen LogP contribution in [0.3, 0.4) is 0 Å². The van der Waals surface area contributed by atoms with Gasteiger partial charge in [-0.15, -0.1) is 0 Å². The zero-order chi connectivity index (χ0) is 16.6. The molecule has 8 nitrogen and oxygen atoms in total. The van der Waals surface area contributed by atoms with Crippen LogP contribution in [0, 0.1) is 5.21 Å². The average molecular weight is 339 g/mol. The first-order valence-corrected chi connectivity index (χ1v) is 8.51. The van der Waals surface area contributed by atoms with Gasteiger partial charge in [0.1, 0.15) is 4.90 Å². The third kappa shape index (κ3) is 4.49. The fourth-order valence-electron chi connectivity index (χ4n) is 1.33. The van der Waals surface area contributed by atoms with Gasteiger partial charge >= 0.3 is 0 Å². The van der Waals surface area contributed by atoms with Gasteiger partial charge in [0.2, 0.25) is 0 Å². The largest absolute Gasteiger partial charge is 0.623 e. The molecule has 0 aliphatic heterocycles. The highest BCUT2D eigenvalue weighted by atomic mass is 32.2. The third-order valence-electron chi connectivity index (χ3n) is 2.48. The first-order chi connectivity index (χ1) is 9.23. The molecule has 118 valence electrons. The first-order valence-electron chi connectivity index (χ1n) is 5.63. The average Bonchev–Trinajstić information content (AvgIpc) is 2.25. The highest BCUT2D eigenvalue weighted by Gasteiger charge is 2.23. The molecule has 0 aliphatic rings. The molecule has 0 amide bonds. The molecular weight excluding hydrogens is 324 g/mol. The minimum atomic E-state index is -4.78. The summed E-state index contributed by atoms with van der Waals surface area (Å²) in [6.45, 7) is 4.74. The molecule has 21 heavy (non-hydrogen) atoms. The Morgan fingerprint density at radius 3 is 2.00 bits per heavy atom. The van der Waals surface area contributed by atoms with Gasteiger partial charge in [0.15, 0.2) is 11.8 Å². The van der Waals surface area contributed by atoms with Crippen molar-refractivity contribution in [3.8, 4) is 0 Å². The van der Waals surface area contributed by atoms with E-state index >= 15 is 0 Å².